The summed E-state index contributed by atoms with van der Waals surface area (Å²) in [6, 6.07) is 26.3. The van der Waals surface area contributed by atoms with E-state index in [0.29, 0.717) is 6.61 Å². The zero-order valence-corrected chi connectivity index (χ0v) is 17.3. The molecule has 0 fully saturated rings. The lowest BCUT2D eigenvalue weighted by Crippen LogP contribution is -2.37. The number of hydrogen-bond acceptors (Lipinski definition) is 4. The number of benzene rings is 3. The Morgan fingerprint density at radius 1 is 0.903 bits per heavy atom. The van der Waals surface area contributed by atoms with Crippen LogP contribution in [0.1, 0.15) is 29.5 Å². The number of nitrogens with zero attached hydrogens (tertiary/aromatic N) is 1. The smallest absolute Gasteiger partial charge is 0.259 e. The Balaban J connectivity index is 1.56. The van der Waals surface area contributed by atoms with Crippen LogP contribution in [-0.4, -0.2) is 31.2 Å². The summed E-state index contributed by atoms with van der Waals surface area (Å²) < 4.78 is 5.39. The maximum Gasteiger partial charge on any atom is 0.259 e. The Bertz CT molecular complexity index is 964. The van der Waals surface area contributed by atoms with Crippen molar-refractivity contribution in [3.63, 3.8) is 0 Å². The molecule has 0 aliphatic carbocycles. The summed E-state index contributed by atoms with van der Waals surface area (Å²) in [5.41, 5.74) is 4.97. The van der Waals surface area contributed by atoms with Gasteiger partial charge in [0.2, 0.25) is 5.91 Å². The average molecular weight is 415 g/mol. The van der Waals surface area contributed by atoms with Gasteiger partial charge in [-0.25, -0.2) is 5.43 Å². The molecule has 0 heterocycles. The summed E-state index contributed by atoms with van der Waals surface area (Å²) in [5, 5.41) is 6.65. The van der Waals surface area contributed by atoms with Crippen LogP contribution in [0.5, 0.6) is 5.75 Å². The normalized spacial score (nSPS) is 10.8. The van der Waals surface area contributed by atoms with Gasteiger partial charge in [0.25, 0.3) is 5.91 Å². The molecule has 0 saturated heterocycles. The van der Waals surface area contributed by atoms with E-state index in [1.165, 1.54) is 6.21 Å². The summed E-state index contributed by atoms with van der Waals surface area (Å²) in [6.07, 6.45) is 1.53. The Morgan fingerprint density at radius 3 is 2.03 bits per heavy atom. The predicted molar refractivity (Wildman–Crippen MR) is 121 cm³/mol. The van der Waals surface area contributed by atoms with Gasteiger partial charge in [0.15, 0.2) is 0 Å². The van der Waals surface area contributed by atoms with E-state index in [-0.39, 0.29) is 12.5 Å². The van der Waals surface area contributed by atoms with Crippen molar-refractivity contribution in [2.75, 3.05) is 13.2 Å². The molecule has 2 N–H and O–H groups in total. The standard InChI is InChI=1S/C25H25N3O3/c1-2-31-22-15-13-19(14-16-22)17-27-28-23(29)18-26-25(30)24(20-9-5-3-6-10-20)21-11-7-4-8-12-21/h3-17,24H,2,18H2,1H3,(H,26,30)(H,28,29)/b27-17-. The SMILES string of the molecule is CCOc1ccc(/C=N\NC(=O)CNC(=O)C(c2ccccc2)c2ccccc2)cc1. The lowest BCUT2D eigenvalue weighted by molar-refractivity contribution is -0.126. The van der Waals surface area contributed by atoms with Crippen LogP contribution in [0.15, 0.2) is 90.0 Å². The van der Waals surface area contributed by atoms with Gasteiger partial charge < -0.3 is 10.1 Å². The van der Waals surface area contributed by atoms with Gasteiger partial charge in [-0.1, -0.05) is 60.7 Å². The van der Waals surface area contributed by atoms with Crippen molar-refractivity contribution < 1.29 is 14.3 Å². The quantitative estimate of drug-likeness (QED) is 0.415. The number of nitrogens with one attached hydrogen (secondary N) is 2. The molecular formula is C25H25N3O3. The lowest BCUT2D eigenvalue weighted by Gasteiger charge is -2.17. The van der Waals surface area contributed by atoms with E-state index in [2.05, 4.69) is 15.8 Å². The summed E-state index contributed by atoms with van der Waals surface area (Å²) in [5.74, 6) is -0.376. The van der Waals surface area contributed by atoms with Crippen LogP contribution in [0.4, 0.5) is 0 Å². The zero-order valence-electron chi connectivity index (χ0n) is 17.3. The van der Waals surface area contributed by atoms with Gasteiger partial charge in [0.1, 0.15) is 5.75 Å². The highest BCUT2D eigenvalue weighted by atomic mass is 16.5. The highest BCUT2D eigenvalue weighted by Crippen LogP contribution is 2.24. The van der Waals surface area contributed by atoms with Crippen molar-refractivity contribution in [3.8, 4) is 5.75 Å². The molecule has 0 unspecified atom stereocenters. The molecule has 0 atom stereocenters. The predicted octanol–water partition coefficient (Wildman–Crippen LogP) is 3.48. The number of carbonyl (C=O) groups is 2. The van der Waals surface area contributed by atoms with E-state index in [9.17, 15) is 9.59 Å². The summed E-state index contributed by atoms with van der Waals surface area (Å²) in [7, 11) is 0. The Morgan fingerprint density at radius 2 is 1.48 bits per heavy atom. The van der Waals surface area contributed by atoms with Gasteiger partial charge in [-0.3, -0.25) is 9.59 Å². The third kappa shape index (κ3) is 6.54. The van der Waals surface area contributed by atoms with Crippen molar-refractivity contribution in [1.29, 1.82) is 0 Å². The molecule has 3 aromatic carbocycles. The van der Waals surface area contributed by atoms with Crippen molar-refractivity contribution in [2.45, 2.75) is 12.8 Å². The van der Waals surface area contributed by atoms with Crippen molar-refractivity contribution >= 4 is 18.0 Å². The van der Waals surface area contributed by atoms with Crippen LogP contribution in [0, 0.1) is 0 Å². The van der Waals surface area contributed by atoms with E-state index in [0.717, 1.165) is 22.4 Å². The number of ether oxygens (including phenoxy) is 1. The number of amides is 2. The van der Waals surface area contributed by atoms with Crippen LogP contribution >= 0.6 is 0 Å². The number of rotatable bonds is 9. The van der Waals surface area contributed by atoms with Gasteiger partial charge in [-0.2, -0.15) is 5.10 Å². The molecular weight excluding hydrogens is 390 g/mol. The van der Waals surface area contributed by atoms with E-state index >= 15 is 0 Å². The molecule has 31 heavy (non-hydrogen) atoms. The first-order chi connectivity index (χ1) is 15.2. The van der Waals surface area contributed by atoms with Crippen molar-refractivity contribution in [2.24, 2.45) is 5.10 Å². The minimum atomic E-state index is -0.498. The third-order valence-corrected chi connectivity index (χ3v) is 4.55. The first-order valence-corrected chi connectivity index (χ1v) is 10.1. The van der Waals surface area contributed by atoms with E-state index in [1.807, 2.05) is 91.9 Å². The molecule has 0 aliphatic heterocycles. The fourth-order valence-corrected chi connectivity index (χ4v) is 3.09. The highest BCUT2D eigenvalue weighted by molar-refractivity contribution is 5.91. The average Bonchev–Trinajstić information content (AvgIpc) is 2.81. The van der Waals surface area contributed by atoms with Gasteiger partial charge in [-0.05, 0) is 47.9 Å². The third-order valence-electron chi connectivity index (χ3n) is 4.55. The van der Waals surface area contributed by atoms with Gasteiger partial charge in [-0.15, -0.1) is 0 Å². The van der Waals surface area contributed by atoms with Crippen molar-refractivity contribution in [3.05, 3.63) is 102 Å². The second-order valence-electron chi connectivity index (χ2n) is 6.77. The Kier molecular flexibility index (Phi) is 7.94. The highest BCUT2D eigenvalue weighted by Gasteiger charge is 2.22. The minimum Gasteiger partial charge on any atom is -0.494 e. The molecule has 0 aromatic heterocycles. The summed E-state index contributed by atoms with van der Waals surface area (Å²) >= 11 is 0. The topological polar surface area (TPSA) is 79.8 Å². The van der Waals surface area contributed by atoms with E-state index in [1.54, 1.807) is 0 Å². The van der Waals surface area contributed by atoms with Crippen LogP contribution in [0.2, 0.25) is 0 Å². The van der Waals surface area contributed by atoms with Crippen LogP contribution in [0.25, 0.3) is 0 Å². The van der Waals surface area contributed by atoms with E-state index < -0.39 is 11.8 Å². The fourth-order valence-electron chi connectivity index (χ4n) is 3.09. The van der Waals surface area contributed by atoms with Crippen LogP contribution in [0.3, 0.4) is 0 Å². The van der Waals surface area contributed by atoms with E-state index in [4.69, 9.17) is 4.74 Å². The molecule has 3 aromatic rings. The molecule has 158 valence electrons. The minimum absolute atomic E-state index is 0.171. The lowest BCUT2D eigenvalue weighted by atomic mass is 9.90. The van der Waals surface area contributed by atoms with Gasteiger partial charge in [0, 0.05) is 0 Å². The van der Waals surface area contributed by atoms with Gasteiger partial charge in [0.05, 0.1) is 25.3 Å². The molecule has 0 radical (unpaired) electrons. The first-order valence-electron chi connectivity index (χ1n) is 10.1. The van der Waals surface area contributed by atoms with Crippen LogP contribution < -0.4 is 15.5 Å². The Labute approximate surface area is 182 Å². The monoisotopic (exact) mass is 415 g/mol. The fraction of sp³-hybridized carbons (Fsp3) is 0.160. The molecule has 0 bridgehead atoms. The molecule has 0 spiro atoms. The number of carbonyl (C=O) groups excluding carboxylic acids is 2. The molecule has 0 saturated carbocycles. The second kappa shape index (κ2) is 11.3. The van der Waals surface area contributed by atoms with Gasteiger partial charge >= 0.3 is 0 Å². The second-order valence-corrected chi connectivity index (χ2v) is 6.77. The Hall–Kier alpha value is -3.93. The molecule has 6 nitrogen and oxygen atoms in total. The molecule has 0 aliphatic rings. The maximum absolute atomic E-state index is 12.9. The number of hydrazone groups is 1. The number of hydrogen-bond donors (Lipinski definition) is 2. The first kappa shape index (κ1) is 21.8. The summed E-state index contributed by atoms with van der Waals surface area (Å²) in [6.45, 7) is 2.35. The molecule has 6 heteroatoms. The largest absolute Gasteiger partial charge is 0.494 e. The maximum atomic E-state index is 12.9. The summed E-state index contributed by atoms with van der Waals surface area (Å²) in [4.78, 5) is 25.0. The molecule has 2 amide bonds. The zero-order chi connectivity index (χ0) is 21.9. The van der Waals surface area contributed by atoms with Crippen molar-refractivity contribution in [1.82, 2.24) is 10.7 Å². The van der Waals surface area contributed by atoms with Crippen LogP contribution in [-0.2, 0) is 9.59 Å². The molecule has 3 rings (SSSR count).